The largest absolute Gasteiger partial charge is 0.298 e. The lowest BCUT2D eigenvalue weighted by molar-refractivity contribution is 0.685. The van der Waals surface area contributed by atoms with Crippen molar-refractivity contribution >= 4 is 15.0 Å². The molecule has 0 aliphatic heterocycles. The highest BCUT2D eigenvalue weighted by Gasteiger charge is 1.99. The highest BCUT2D eigenvalue weighted by Crippen LogP contribution is 1.91. The van der Waals surface area contributed by atoms with Gasteiger partial charge >= 0.3 is 0 Å². The van der Waals surface area contributed by atoms with Crippen LogP contribution in [0.2, 0.25) is 0 Å². The minimum Gasteiger partial charge on any atom is -0.298 e. The Kier molecular flexibility index (Phi) is 1.69. The summed E-state index contributed by atoms with van der Waals surface area (Å²) >= 11 is 0. The second-order valence-corrected chi connectivity index (χ2v) is 5.31. The van der Waals surface area contributed by atoms with Gasteiger partial charge in [0.05, 0.1) is 5.04 Å². The molecule has 0 aromatic carbocycles. The first-order valence-electron chi connectivity index (χ1n) is 2.05. The molecule has 7 heavy (non-hydrogen) atoms. The van der Waals surface area contributed by atoms with Crippen molar-refractivity contribution in [2.75, 3.05) is 12.5 Å². The third kappa shape index (κ3) is 2.51. The van der Waals surface area contributed by atoms with Crippen LogP contribution in [-0.2, 0) is 9.93 Å². The molecule has 0 saturated carbocycles. The molecule has 0 amide bonds. The van der Waals surface area contributed by atoms with E-state index in [-0.39, 0.29) is 0 Å². The van der Waals surface area contributed by atoms with Gasteiger partial charge in [-0.1, -0.05) is 9.93 Å². The molecule has 0 saturated heterocycles. The first kappa shape index (κ1) is 6.82. The fraction of sp³-hybridized carbons (Fsp3) is 0.750. The Morgan fingerprint density at radius 3 is 1.71 bits per heavy atom. The van der Waals surface area contributed by atoms with Gasteiger partial charge in [0.1, 0.15) is 0 Å². The van der Waals surface area contributed by atoms with Gasteiger partial charge in [-0.05, 0) is 19.4 Å². The molecule has 0 rings (SSSR count). The molecule has 0 fully saturated rings. The maximum atomic E-state index is 10.7. The number of hydrogen-bond donors (Lipinski definition) is 2. The van der Waals surface area contributed by atoms with E-state index < -0.39 is 9.93 Å². The van der Waals surface area contributed by atoms with Crippen molar-refractivity contribution in [3.8, 4) is 0 Å². The maximum absolute atomic E-state index is 10.7. The van der Waals surface area contributed by atoms with Crippen molar-refractivity contribution in [2.24, 2.45) is 0 Å². The van der Waals surface area contributed by atoms with Crippen molar-refractivity contribution in [1.82, 2.24) is 0 Å². The summed E-state index contributed by atoms with van der Waals surface area (Å²) in [6.07, 6.45) is 3.19. The van der Waals surface area contributed by atoms with E-state index in [1.807, 2.05) is 0 Å². The quantitative estimate of drug-likeness (QED) is 0.269. The summed E-state index contributed by atoms with van der Waals surface area (Å²) in [4.78, 5) is 0. The number of nitrogens with one attached hydrogen (secondary N) is 1. The standard InChI is InChI=1S/C4H11NOS/c1-4(5)7(2,3)6/h5,7H,1-3H3. The van der Waals surface area contributed by atoms with Gasteiger partial charge in [0, 0.05) is 0 Å². The number of rotatable bonds is 0. The Balaban J connectivity index is 4.09. The van der Waals surface area contributed by atoms with Gasteiger partial charge in [-0.3, -0.25) is 9.62 Å². The molecule has 0 aromatic rings. The van der Waals surface area contributed by atoms with Crippen LogP contribution >= 0.6 is 0 Å². The molecule has 44 valence electrons. The summed E-state index contributed by atoms with van der Waals surface area (Å²) in [5, 5.41) is 7.18. The van der Waals surface area contributed by atoms with E-state index in [1.165, 1.54) is 0 Å². The Labute approximate surface area is 44.9 Å². The molecule has 1 N–H and O–H groups in total. The molecule has 0 atom stereocenters. The third-order valence-corrected chi connectivity index (χ3v) is 2.42. The molecule has 0 unspecified atom stereocenters. The predicted molar refractivity (Wildman–Crippen MR) is 34.8 cm³/mol. The average molecular weight is 121 g/mol. The first-order valence-corrected chi connectivity index (χ1v) is 4.65. The van der Waals surface area contributed by atoms with Crippen molar-refractivity contribution in [3.63, 3.8) is 0 Å². The normalized spacial score (nSPS) is 13.6. The third-order valence-electron chi connectivity index (χ3n) is 0.808. The average Bonchev–Trinajstić information content (AvgIpc) is 1.31. The van der Waals surface area contributed by atoms with E-state index in [4.69, 9.17) is 5.41 Å². The first-order chi connectivity index (χ1) is 2.94. The van der Waals surface area contributed by atoms with Gasteiger partial charge in [0.2, 0.25) is 0 Å². The second kappa shape index (κ2) is 1.74. The monoisotopic (exact) mass is 121 g/mol. The van der Waals surface area contributed by atoms with Crippen molar-refractivity contribution in [2.45, 2.75) is 6.92 Å². The molecule has 0 spiro atoms. The van der Waals surface area contributed by atoms with E-state index >= 15 is 0 Å². The Morgan fingerprint density at radius 2 is 1.71 bits per heavy atom. The van der Waals surface area contributed by atoms with Gasteiger partial charge in [-0.15, -0.1) is 0 Å². The molecule has 0 heterocycles. The summed E-state index contributed by atoms with van der Waals surface area (Å²) in [5.41, 5.74) is 0. The van der Waals surface area contributed by atoms with Crippen LogP contribution in [0.25, 0.3) is 0 Å². The SMILES string of the molecule is CC(=N)[SH](C)(C)=O. The molecule has 0 aromatic heterocycles. The van der Waals surface area contributed by atoms with E-state index in [2.05, 4.69) is 0 Å². The minimum atomic E-state index is -2.15. The van der Waals surface area contributed by atoms with Crippen LogP contribution in [-0.4, -0.2) is 21.8 Å². The molecule has 2 nitrogen and oxygen atoms in total. The predicted octanol–water partition coefficient (Wildman–Crippen LogP) is 0.260. The maximum Gasteiger partial charge on any atom is 0.0675 e. The summed E-state index contributed by atoms with van der Waals surface area (Å²) in [6.45, 7) is 1.57. The Morgan fingerprint density at radius 1 is 1.57 bits per heavy atom. The zero-order valence-corrected chi connectivity index (χ0v) is 5.75. The van der Waals surface area contributed by atoms with Crippen LogP contribution in [0.15, 0.2) is 0 Å². The van der Waals surface area contributed by atoms with Crippen LogP contribution in [0, 0.1) is 5.41 Å². The number of thiol groups is 1. The van der Waals surface area contributed by atoms with Gasteiger partial charge < -0.3 is 0 Å². The summed E-state index contributed by atoms with van der Waals surface area (Å²) in [6, 6.07) is 0. The van der Waals surface area contributed by atoms with Crippen LogP contribution < -0.4 is 0 Å². The molecule has 0 radical (unpaired) electrons. The van der Waals surface area contributed by atoms with Gasteiger partial charge in [-0.2, -0.15) is 0 Å². The minimum absolute atomic E-state index is 0.299. The Hall–Kier alpha value is -0.180. The Bertz CT molecular complexity index is 124. The molecule has 3 heteroatoms. The van der Waals surface area contributed by atoms with Gasteiger partial charge in [0.25, 0.3) is 0 Å². The smallest absolute Gasteiger partial charge is 0.0675 e. The second-order valence-electron chi connectivity index (χ2n) is 1.94. The molecular formula is C4H11NOS. The number of hydrogen-bond acceptors (Lipinski definition) is 2. The molecular weight excluding hydrogens is 110 g/mol. The lowest BCUT2D eigenvalue weighted by atomic mass is 10.9. The van der Waals surface area contributed by atoms with Crippen molar-refractivity contribution in [1.29, 1.82) is 5.41 Å². The lowest BCUT2D eigenvalue weighted by Crippen LogP contribution is -2.14. The van der Waals surface area contributed by atoms with Crippen LogP contribution in [0.1, 0.15) is 6.92 Å². The van der Waals surface area contributed by atoms with Gasteiger partial charge in [0.15, 0.2) is 0 Å². The zero-order chi connectivity index (χ0) is 6.08. The van der Waals surface area contributed by atoms with Crippen LogP contribution in [0.3, 0.4) is 0 Å². The van der Waals surface area contributed by atoms with E-state index in [0.717, 1.165) is 0 Å². The zero-order valence-electron chi connectivity index (χ0n) is 4.86. The van der Waals surface area contributed by atoms with Crippen molar-refractivity contribution in [3.05, 3.63) is 0 Å². The summed E-state index contributed by atoms with van der Waals surface area (Å²) < 4.78 is 10.7. The van der Waals surface area contributed by atoms with E-state index in [9.17, 15) is 4.21 Å². The summed E-state index contributed by atoms with van der Waals surface area (Å²) in [7, 11) is -2.15. The van der Waals surface area contributed by atoms with E-state index in [0.29, 0.717) is 5.04 Å². The highest BCUT2D eigenvalue weighted by molar-refractivity contribution is 8.15. The summed E-state index contributed by atoms with van der Waals surface area (Å²) in [5.74, 6) is 0. The topological polar surface area (TPSA) is 40.9 Å². The molecule has 0 bridgehead atoms. The fourth-order valence-electron chi connectivity index (χ4n) is 0. The lowest BCUT2D eigenvalue weighted by Gasteiger charge is -2.06. The van der Waals surface area contributed by atoms with Crippen molar-refractivity contribution < 1.29 is 4.21 Å². The highest BCUT2D eigenvalue weighted by atomic mass is 32.2. The van der Waals surface area contributed by atoms with Crippen LogP contribution in [0.4, 0.5) is 0 Å². The van der Waals surface area contributed by atoms with Crippen LogP contribution in [0.5, 0.6) is 0 Å². The van der Waals surface area contributed by atoms with Gasteiger partial charge in [-0.25, -0.2) is 0 Å². The fourth-order valence-corrected chi connectivity index (χ4v) is 0. The van der Waals surface area contributed by atoms with E-state index in [1.54, 1.807) is 19.4 Å². The molecule has 0 aliphatic rings. The molecule has 0 aliphatic carbocycles.